The molecule has 0 N–H and O–H groups in total. The zero-order valence-corrected chi connectivity index (χ0v) is 12.5. The summed E-state index contributed by atoms with van der Waals surface area (Å²) in [5.74, 6) is 0.206. The number of carbonyl (C=O) groups is 1. The quantitative estimate of drug-likeness (QED) is 0.745. The van der Waals surface area contributed by atoms with Crippen LogP contribution >= 0.6 is 0 Å². The molecule has 110 valence electrons. The third-order valence-corrected chi connectivity index (χ3v) is 4.00. The fourth-order valence-corrected chi connectivity index (χ4v) is 2.73. The minimum Gasteiger partial charge on any atom is -0.377 e. The lowest BCUT2D eigenvalue weighted by molar-refractivity contribution is -0.00461. The van der Waals surface area contributed by atoms with Crippen LogP contribution in [0.25, 0.3) is 0 Å². The summed E-state index contributed by atoms with van der Waals surface area (Å²) in [5, 5.41) is 0. The zero-order chi connectivity index (χ0) is 14.5. The molecule has 1 aliphatic heterocycles. The zero-order valence-electron chi connectivity index (χ0n) is 12.5. The molecule has 1 aromatic carbocycles. The van der Waals surface area contributed by atoms with Crippen LogP contribution in [0.1, 0.15) is 22.3 Å². The maximum absolute atomic E-state index is 12.2. The average Bonchev–Trinajstić information content (AvgIpc) is 2.87. The highest BCUT2D eigenvalue weighted by Gasteiger charge is 2.32. The molecule has 2 unspecified atom stereocenters. The third kappa shape index (κ3) is 3.45. The van der Waals surface area contributed by atoms with E-state index in [0.29, 0.717) is 6.42 Å². The van der Waals surface area contributed by atoms with Crippen molar-refractivity contribution in [2.45, 2.75) is 25.6 Å². The number of hydrogen-bond donors (Lipinski definition) is 0. The normalized spacial score (nSPS) is 23.1. The molecule has 0 aliphatic carbocycles. The molecule has 0 spiro atoms. The minimum absolute atomic E-state index is 0.105. The molecule has 1 aromatic rings. The molecule has 1 saturated heterocycles. The van der Waals surface area contributed by atoms with Crippen molar-refractivity contribution in [2.75, 3.05) is 33.9 Å². The average molecular weight is 277 g/mol. The van der Waals surface area contributed by atoms with E-state index in [1.165, 1.54) is 0 Å². The Balaban J connectivity index is 1.87. The molecular formula is C16H23NO3. The number of rotatable bonds is 6. The van der Waals surface area contributed by atoms with Gasteiger partial charge in [0, 0.05) is 45.8 Å². The maximum Gasteiger partial charge on any atom is 0.164 e. The first-order valence-electron chi connectivity index (χ1n) is 7.02. The van der Waals surface area contributed by atoms with Crippen molar-refractivity contribution in [1.82, 2.24) is 4.90 Å². The van der Waals surface area contributed by atoms with Gasteiger partial charge in [0.15, 0.2) is 5.78 Å². The van der Waals surface area contributed by atoms with Crippen LogP contribution in [0.3, 0.4) is 0 Å². The van der Waals surface area contributed by atoms with Gasteiger partial charge in [-0.05, 0) is 12.5 Å². The van der Waals surface area contributed by atoms with Crippen molar-refractivity contribution in [3.05, 3.63) is 35.4 Å². The molecule has 1 fully saturated rings. The van der Waals surface area contributed by atoms with Gasteiger partial charge in [-0.15, -0.1) is 0 Å². The molecular weight excluding hydrogens is 254 g/mol. The molecule has 1 heterocycles. The summed E-state index contributed by atoms with van der Waals surface area (Å²) >= 11 is 0. The molecule has 1 aliphatic rings. The van der Waals surface area contributed by atoms with Gasteiger partial charge >= 0.3 is 0 Å². The summed E-state index contributed by atoms with van der Waals surface area (Å²) in [5.41, 5.74) is 1.88. The van der Waals surface area contributed by atoms with Crippen LogP contribution in [0.4, 0.5) is 0 Å². The van der Waals surface area contributed by atoms with Gasteiger partial charge in [0.1, 0.15) is 0 Å². The fourth-order valence-electron chi connectivity index (χ4n) is 2.73. The van der Waals surface area contributed by atoms with Crippen molar-refractivity contribution in [3.8, 4) is 0 Å². The largest absolute Gasteiger partial charge is 0.377 e. The highest BCUT2D eigenvalue weighted by Crippen LogP contribution is 2.17. The van der Waals surface area contributed by atoms with Crippen molar-refractivity contribution in [2.24, 2.45) is 0 Å². The second-order valence-corrected chi connectivity index (χ2v) is 5.30. The second kappa shape index (κ2) is 6.97. The van der Waals surface area contributed by atoms with E-state index < -0.39 is 0 Å². The first-order chi connectivity index (χ1) is 9.65. The van der Waals surface area contributed by atoms with E-state index in [4.69, 9.17) is 9.47 Å². The molecule has 2 rings (SSSR count). The second-order valence-electron chi connectivity index (χ2n) is 5.30. The van der Waals surface area contributed by atoms with Crippen molar-refractivity contribution in [1.29, 1.82) is 0 Å². The number of benzene rings is 1. The predicted octanol–water partition coefficient (Wildman–Crippen LogP) is 1.91. The predicted molar refractivity (Wildman–Crippen MR) is 78.2 cm³/mol. The highest BCUT2D eigenvalue weighted by molar-refractivity contribution is 5.97. The summed E-state index contributed by atoms with van der Waals surface area (Å²) < 4.78 is 10.8. The molecule has 0 aromatic heterocycles. The highest BCUT2D eigenvalue weighted by atomic mass is 16.5. The van der Waals surface area contributed by atoms with Gasteiger partial charge in [0.2, 0.25) is 0 Å². The molecule has 4 heteroatoms. The smallest absolute Gasteiger partial charge is 0.164 e. The summed E-state index contributed by atoms with van der Waals surface area (Å²) in [6, 6.07) is 7.75. The van der Waals surface area contributed by atoms with Gasteiger partial charge in [-0.3, -0.25) is 9.69 Å². The Hall–Kier alpha value is -1.23. The number of likely N-dealkylation sites (tertiary alicyclic amines) is 1. The lowest BCUT2D eigenvalue weighted by atomic mass is 10.0. The number of ketones is 1. The van der Waals surface area contributed by atoms with Gasteiger partial charge in [0.25, 0.3) is 0 Å². The standard InChI is InChI=1S/C16H23NO3/c1-12-6-4-5-7-13(12)14(18)8-9-17-10-15(19-2)16(11-17)20-3/h4-7,15-16H,8-11H2,1-3H3. The lowest BCUT2D eigenvalue weighted by Gasteiger charge is -2.14. The van der Waals surface area contributed by atoms with E-state index in [1.807, 2.05) is 31.2 Å². The Labute approximate surface area is 120 Å². The molecule has 2 atom stereocenters. The minimum atomic E-state index is 0.105. The Bertz CT molecular complexity index is 449. The summed E-state index contributed by atoms with van der Waals surface area (Å²) in [6.07, 6.45) is 0.750. The fraction of sp³-hybridized carbons (Fsp3) is 0.562. The van der Waals surface area contributed by atoms with Crippen LogP contribution in [0.15, 0.2) is 24.3 Å². The molecule has 0 radical (unpaired) electrons. The first-order valence-corrected chi connectivity index (χ1v) is 7.02. The molecule has 0 amide bonds. The number of carbonyl (C=O) groups excluding carboxylic acids is 1. The van der Waals surface area contributed by atoms with E-state index in [0.717, 1.165) is 30.8 Å². The summed E-state index contributed by atoms with van der Waals surface area (Å²) in [4.78, 5) is 14.5. The number of hydrogen-bond acceptors (Lipinski definition) is 4. The van der Waals surface area contributed by atoms with Crippen LogP contribution in [0, 0.1) is 6.92 Å². The van der Waals surface area contributed by atoms with E-state index >= 15 is 0 Å². The lowest BCUT2D eigenvalue weighted by Crippen LogP contribution is -2.27. The summed E-state index contributed by atoms with van der Waals surface area (Å²) in [6.45, 7) is 4.39. The van der Waals surface area contributed by atoms with Gasteiger partial charge in [-0.1, -0.05) is 24.3 Å². The van der Waals surface area contributed by atoms with Crippen LogP contribution in [0.2, 0.25) is 0 Å². The Kier molecular flexibility index (Phi) is 5.29. The van der Waals surface area contributed by atoms with Gasteiger partial charge in [0.05, 0.1) is 12.2 Å². The van der Waals surface area contributed by atoms with Gasteiger partial charge in [-0.25, -0.2) is 0 Å². The van der Waals surface area contributed by atoms with E-state index in [2.05, 4.69) is 4.90 Å². The van der Waals surface area contributed by atoms with Crippen molar-refractivity contribution >= 4 is 5.78 Å². The topological polar surface area (TPSA) is 38.8 Å². The Morgan fingerprint density at radius 2 is 1.80 bits per heavy atom. The Morgan fingerprint density at radius 3 is 2.35 bits per heavy atom. The molecule has 0 bridgehead atoms. The first kappa shape index (κ1) is 15.2. The maximum atomic E-state index is 12.2. The summed E-state index contributed by atoms with van der Waals surface area (Å²) in [7, 11) is 3.41. The van der Waals surface area contributed by atoms with Crippen LogP contribution in [-0.2, 0) is 9.47 Å². The SMILES string of the molecule is COC1CN(CCC(=O)c2ccccc2C)CC1OC. The molecule has 0 saturated carbocycles. The number of aryl methyl sites for hydroxylation is 1. The number of methoxy groups -OCH3 is 2. The van der Waals surface area contributed by atoms with Crippen LogP contribution in [-0.4, -0.2) is 56.7 Å². The van der Waals surface area contributed by atoms with E-state index in [9.17, 15) is 4.79 Å². The van der Waals surface area contributed by atoms with Crippen LogP contribution < -0.4 is 0 Å². The molecule has 20 heavy (non-hydrogen) atoms. The number of nitrogens with zero attached hydrogens (tertiary/aromatic N) is 1. The van der Waals surface area contributed by atoms with Gasteiger partial charge in [-0.2, -0.15) is 0 Å². The van der Waals surface area contributed by atoms with E-state index in [1.54, 1.807) is 14.2 Å². The third-order valence-electron chi connectivity index (χ3n) is 4.00. The van der Waals surface area contributed by atoms with E-state index in [-0.39, 0.29) is 18.0 Å². The Morgan fingerprint density at radius 1 is 1.20 bits per heavy atom. The van der Waals surface area contributed by atoms with Gasteiger partial charge < -0.3 is 9.47 Å². The number of Topliss-reactive ketones (excluding diaryl/α,β-unsaturated/α-hetero) is 1. The van der Waals surface area contributed by atoms with Crippen molar-refractivity contribution < 1.29 is 14.3 Å². The number of ether oxygens (including phenoxy) is 2. The van der Waals surface area contributed by atoms with Crippen molar-refractivity contribution in [3.63, 3.8) is 0 Å². The molecule has 4 nitrogen and oxygen atoms in total. The van der Waals surface area contributed by atoms with Crippen LogP contribution in [0.5, 0.6) is 0 Å². The monoisotopic (exact) mass is 277 g/mol.